The number of carbonyl (C=O) groups is 1. The van der Waals surface area contributed by atoms with Crippen molar-refractivity contribution in [2.75, 3.05) is 24.7 Å². The summed E-state index contributed by atoms with van der Waals surface area (Å²) >= 11 is 0. The number of hydrogen-bond acceptors (Lipinski definition) is 4. The molecule has 2 rings (SSSR count). The summed E-state index contributed by atoms with van der Waals surface area (Å²) < 4.78 is 0. The van der Waals surface area contributed by atoms with E-state index < -0.39 is 0 Å². The van der Waals surface area contributed by atoms with E-state index in [0.29, 0.717) is 22.5 Å². The number of nitrogen functional groups attached to an aromatic ring is 1. The van der Waals surface area contributed by atoms with Gasteiger partial charge in [-0.1, -0.05) is 6.07 Å². The quantitative estimate of drug-likeness (QED) is 0.845. The first-order chi connectivity index (χ1) is 10.1. The number of nitriles is 1. The minimum atomic E-state index is -0.187. The number of rotatable bonds is 3. The maximum absolute atomic E-state index is 12.0. The molecule has 0 fully saturated rings. The first-order valence-corrected chi connectivity index (χ1v) is 6.42. The standard InChI is InChI=1S/C16H16N4O/c1-19-16(21)14-7-6-12(18)9-15(14)20(2)13-5-3-4-11(8-13)10-17/h3-9H,18H2,1-2H3,(H,19,21). The van der Waals surface area contributed by atoms with Crippen LogP contribution in [0.1, 0.15) is 15.9 Å². The lowest BCUT2D eigenvalue weighted by atomic mass is 10.1. The zero-order chi connectivity index (χ0) is 15.4. The molecule has 0 spiro atoms. The van der Waals surface area contributed by atoms with Crippen LogP contribution in [0.25, 0.3) is 0 Å². The molecule has 0 aliphatic heterocycles. The van der Waals surface area contributed by atoms with Gasteiger partial charge in [-0.2, -0.15) is 5.26 Å². The maximum atomic E-state index is 12.0. The Morgan fingerprint density at radius 3 is 2.71 bits per heavy atom. The summed E-state index contributed by atoms with van der Waals surface area (Å²) in [5, 5.41) is 11.6. The third-order valence-corrected chi connectivity index (χ3v) is 3.22. The van der Waals surface area contributed by atoms with Gasteiger partial charge in [-0.15, -0.1) is 0 Å². The van der Waals surface area contributed by atoms with Crippen LogP contribution >= 0.6 is 0 Å². The Hall–Kier alpha value is -3.00. The van der Waals surface area contributed by atoms with Gasteiger partial charge in [0.05, 0.1) is 22.9 Å². The van der Waals surface area contributed by atoms with Crippen molar-refractivity contribution in [2.24, 2.45) is 0 Å². The second-order valence-corrected chi connectivity index (χ2v) is 4.58. The number of nitrogens with zero attached hydrogens (tertiary/aromatic N) is 2. The van der Waals surface area contributed by atoms with Gasteiger partial charge in [0.15, 0.2) is 0 Å². The van der Waals surface area contributed by atoms with E-state index in [2.05, 4.69) is 11.4 Å². The first-order valence-electron chi connectivity index (χ1n) is 6.42. The molecule has 0 aliphatic rings. The minimum absolute atomic E-state index is 0.187. The Balaban J connectivity index is 2.51. The molecule has 5 nitrogen and oxygen atoms in total. The summed E-state index contributed by atoms with van der Waals surface area (Å²) in [5.41, 5.74) is 8.98. The van der Waals surface area contributed by atoms with Gasteiger partial charge in [-0.05, 0) is 36.4 Å². The Kier molecular flexibility index (Phi) is 4.10. The third-order valence-electron chi connectivity index (χ3n) is 3.22. The summed E-state index contributed by atoms with van der Waals surface area (Å²) in [6.07, 6.45) is 0. The number of nitrogens with two attached hydrogens (primary N) is 1. The lowest BCUT2D eigenvalue weighted by Crippen LogP contribution is -2.22. The minimum Gasteiger partial charge on any atom is -0.399 e. The van der Waals surface area contributed by atoms with Gasteiger partial charge in [0.25, 0.3) is 5.91 Å². The molecule has 0 aliphatic carbocycles. The molecule has 0 heterocycles. The SMILES string of the molecule is CNC(=O)c1ccc(N)cc1N(C)c1cccc(C#N)c1. The van der Waals surface area contributed by atoms with Gasteiger partial charge in [-0.25, -0.2) is 0 Å². The molecule has 0 atom stereocenters. The van der Waals surface area contributed by atoms with Gasteiger partial charge in [-0.3, -0.25) is 4.79 Å². The van der Waals surface area contributed by atoms with E-state index in [-0.39, 0.29) is 5.91 Å². The molecule has 2 aromatic carbocycles. The number of hydrogen-bond donors (Lipinski definition) is 2. The predicted molar refractivity (Wildman–Crippen MR) is 83.5 cm³/mol. The fraction of sp³-hybridized carbons (Fsp3) is 0.125. The highest BCUT2D eigenvalue weighted by Crippen LogP contribution is 2.29. The highest BCUT2D eigenvalue weighted by atomic mass is 16.1. The predicted octanol–water partition coefficient (Wildman–Crippen LogP) is 2.27. The number of carbonyl (C=O) groups excluding carboxylic acids is 1. The summed E-state index contributed by atoms with van der Waals surface area (Å²) in [5.74, 6) is -0.187. The highest BCUT2D eigenvalue weighted by Gasteiger charge is 2.15. The van der Waals surface area contributed by atoms with Crippen molar-refractivity contribution in [3.05, 3.63) is 53.6 Å². The summed E-state index contributed by atoms with van der Waals surface area (Å²) in [4.78, 5) is 13.8. The summed E-state index contributed by atoms with van der Waals surface area (Å²) in [6, 6.07) is 14.4. The maximum Gasteiger partial charge on any atom is 0.253 e. The van der Waals surface area contributed by atoms with Crippen LogP contribution in [0.3, 0.4) is 0 Å². The number of anilines is 3. The summed E-state index contributed by atoms with van der Waals surface area (Å²) in [6.45, 7) is 0. The van der Waals surface area contributed by atoms with E-state index in [1.807, 2.05) is 18.0 Å². The lowest BCUT2D eigenvalue weighted by Gasteiger charge is -2.22. The second-order valence-electron chi connectivity index (χ2n) is 4.58. The molecule has 0 radical (unpaired) electrons. The molecular formula is C16H16N4O. The fourth-order valence-corrected chi connectivity index (χ4v) is 2.08. The van der Waals surface area contributed by atoms with Crippen molar-refractivity contribution >= 4 is 23.0 Å². The topological polar surface area (TPSA) is 82.2 Å². The van der Waals surface area contributed by atoms with E-state index in [1.165, 1.54) is 0 Å². The fourth-order valence-electron chi connectivity index (χ4n) is 2.08. The highest BCUT2D eigenvalue weighted by molar-refractivity contribution is 6.01. The lowest BCUT2D eigenvalue weighted by molar-refractivity contribution is 0.0963. The van der Waals surface area contributed by atoms with E-state index in [4.69, 9.17) is 11.0 Å². The molecule has 106 valence electrons. The van der Waals surface area contributed by atoms with Crippen LogP contribution in [-0.2, 0) is 0 Å². The largest absolute Gasteiger partial charge is 0.399 e. The van der Waals surface area contributed by atoms with E-state index in [1.54, 1.807) is 43.4 Å². The molecular weight excluding hydrogens is 264 g/mol. The number of nitrogens with one attached hydrogen (secondary N) is 1. The number of benzene rings is 2. The van der Waals surface area contributed by atoms with E-state index in [9.17, 15) is 4.79 Å². The molecule has 3 N–H and O–H groups in total. The molecule has 0 bridgehead atoms. The average Bonchev–Trinajstić information content (AvgIpc) is 2.53. The van der Waals surface area contributed by atoms with Gasteiger partial charge in [0.2, 0.25) is 0 Å². The molecule has 21 heavy (non-hydrogen) atoms. The van der Waals surface area contributed by atoms with Crippen LogP contribution in [0, 0.1) is 11.3 Å². The average molecular weight is 280 g/mol. The van der Waals surface area contributed by atoms with Gasteiger partial charge >= 0.3 is 0 Å². The molecule has 0 saturated carbocycles. The van der Waals surface area contributed by atoms with E-state index >= 15 is 0 Å². The van der Waals surface area contributed by atoms with Crippen molar-refractivity contribution in [3.63, 3.8) is 0 Å². The van der Waals surface area contributed by atoms with Gasteiger partial charge in [0.1, 0.15) is 0 Å². The molecule has 0 unspecified atom stereocenters. The molecule has 0 saturated heterocycles. The zero-order valence-corrected chi connectivity index (χ0v) is 11.9. The van der Waals surface area contributed by atoms with Crippen LogP contribution < -0.4 is 16.0 Å². The zero-order valence-electron chi connectivity index (χ0n) is 11.9. The van der Waals surface area contributed by atoms with Gasteiger partial charge < -0.3 is 16.0 Å². The third kappa shape index (κ3) is 2.95. The molecule has 2 aromatic rings. The van der Waals surface area contributed by atoms with Crippen LogP contribution in [0.4, 0.5) is 17.1 Å². The van der Waals surface area contributed by atoms with E-state index in [0.717, 1.165) is 5.69 Å². The Morgan fingerprint density at radius 1 is 1.29 bits per heavy atom. The first kappa shape index (κ1) is 14.4. The molecule has 1 amide bonds. The summed E-state index contributed by atoms with van der Waals surface area (Å²) in [7, 11) is 3.41. The number of amides is 1. The van der Waals surface area contributed by atoms with Crippen LogP contribution in [0.5, 0.6) is 0 Å². The Bertz CT molecular complexity index is 718. The van der Waals surface area contributed by atoms with Crippen molar-refractivity contribution in [1.29, 1.82) is 5.26 Å². The molecule has 0 aromatic heterocycles. The smallest absolute Gasteiger partial charge is 0.253 e. The normalized spacial score (nSPS) is 9.76. The monoisotopic (exact) mass is 280 g/mol. The Labute approximate surface area is 123 Å². The van der Waals surface area contributed by atoms with Crippen molar-refractivity contribution in [3.8, 4) is 6.07 Å². The van der Waals surface area contributed by atoms with Crippen molar-refractivity contribution in [2.45, 2.75) is 0 Å². The van der Waals surface area contributed by atoms with Crippen LogP contribution in [0.15, 0.2) is 42.5 Å². The molecule has 5 heteroatoms. The second kappa shape index (κ2) is 5.97. The van der Waals surface area contributed by atoms with Crippen molar-refractivity contribution < 1.29 is 4.79 Å². The van der Waals surface area contributed by atoms with Gasteiger partial charge in [0, 0.05) is 25.5 Å². The Morgan fingerprint density at radius 2 is 2.05 bits per heavy atom. The van der Waals surface area contributed by atoms with Crippen LogP contribution in [0.2, 0.25) is 0 Å². The van der Waals surface area contributed by atoms with Crippen molar-refractivity contribution in [1.82, 2.24) is 5.32 Å². The van der Waals surface area contributed by atoms with Crippen LogP contribution in [-0.4, -0.2) is 20.0 Å².